The third-order valence-corrected chi connectivity index (χ3v) is 4.37. The Bertz CT molecular complexity index is 814. The van der Waals surface area contributed by atoms with Crippen molar-refractivity contribution in [1.82, 2.24) is 0 Å². The van der Waals surface area contributed by atoms with Gasteiger partial charge in [0.05, 0.1) is 12.6 Å². The van der Waals surface area contributed by atoms with Crippen LogP contribution in [0.15, 0.2) is 60.7 Å². The maximum absolute atomic E-state index is 12.2. The summed E-state index contributed by atoms with van der Waals surface area (Å²) in [5.74, 6) is 1.37. The standard InChI is InChI=1S/C23H28N2O4/c1-17(2)15-28-21-6-3-5-19(13-21)24-14-23(26)25-18-8-10-20(11-9-18)29-16-22-7-4-12-27-22/h3,5-6,8-11,13,22,24H,1,4,7,12,14-16H2,2H3,(H,25,26). The van der Waals surface area contributed by atoms with Gasteiger partial charge in [-0.1, -0.05) is 12.6 Å². The highest BCUT2D eigenvalue weighted by molar-refractivity contribution is 5.93. The maximum Gasteiger partial charge on any atom is 0.243 e. The lowest BCUT2D eigenvalue weighted by Crippen LogP contribution is -2.21. The predicted octanol–water partition coefficient (Wildman–Crippen LogP) is 4.25. The fraction of sp³-hybridized carbons (Fsp3) is 0.348. The number of nitrogens with one attached hydrogen (secondary N) is 2. The Morgan fingerprint density at radius 2 is 1.97 bits per heavy atom. The fourth-order valence-electron chi connectivity index (χ4n) is 2.89. The zero-order chi connectivity index (χ0) is 20.5. The monoisotopic (exact) mass is 396 g/mol. The molecule has 3 rings (SSSR count). The van der Waals surface area contributed by atoms with E-state index in [4.69, 9.17) is 14.2 Å². The van der Waals surface area contributed by atoms with Crippen molar-refractivity contribution in [2.45, 2.75) is 25.9 Å². The van der Waals surface area contributed by atoms with E-state index in [-0.39, 0.29) is 18.6 Å². The first-order chi connectivity index (χ1) is 14.1. The van der Waals surface area contributed by atoms with Gasteiger partial charge in [-0.15, -0.1) is 0 Å². The van der Waals surface area contributed by atoms with Gasteiger partial charge in [-0.2, -0.15) is 0 Å². The average molecular weight is 396 g/mol. The summed E-state index contributed by atoms with van der Waals surface area (Å²) in [5, 5.41) is 5.97. The van der Waals surface area contributed by atoms with Crippen LogP contribution in [-0.4, -0.2) is 38.4 Å². The molecule has 0 spiro atoms. The van der Waals surface area contributed by atoms with Crippen molar-refractivity contribution in [2.24, 2.45) is 0 Å². The van der Waals surface area contributed by atoms with Crippen LogP contribution in [0.3, 0.4) is 0 Å². The van der Waals surface area contributed by atoms with Crippen LogP contribution >= 0.6 is 0 Å². The Morgan fingerprint density at radius 3 is 2.69 bits per heavy atom. The van der Waals surface area contributed by atoms with E-state index in [1.807, 2.05) is 55.5 Å². The van der Waals surface area contributed by atoms with Crippen molar-refractivity contribution >= 4 is 17.3 Å². The first-order valence-electron chi connectivity index (χ1n) is 9.84. The van der Waals surface area contributed by atoms with Crippen molar-refractivity contribution in [2.75, 3.05) is 37.0 Å². The fourth-order valence-corrected chi connectivity index (χ4v) is 2.89. The topological polar surface area (TPSA) is 68.8 Å². The lowest BCUT2D eigenvalue weighted by molar-refractivity contribution is -0.114. The van der Waals surface area contributed by atoms with Gasteiger partial charge < -0.3 is 24.8 Å². The second kappa shape index (κ2) is 10.5. The van der Waals surface area contributed by atoms with Crippen LogP contribution in [0.4, 0.5) is 11.4 Å². The summed E-state index contributed by atoms with van der Waals surface area (Å²) >= 11 is 0. The van der Waals surface area contributed by atoms with Crippen LogP contribution in [0.5, 0.6) is 11.5 Å². The lowest BCUT2D eigenvalue weighted by Gasteiger charge is -2.12. The molecule has 0 bridgehead atoms. The number of benzene rings is 2. The second-order valence-electron chi connectivity index (χ2n) is 7.15. The summed E-state index contributed by atoms with van der Waals surface area (Å²) in [6, 6.07) is 14.8. The summed E-state index contributed by atoms with van der Waals surface area (Å²) in [6.45, 7) is 7.73. The van der Waals surface area contributed by atoms with E-state index in [1.54, 1.807) is 0 Å². The molecule has 1 unspecified atom stereocenters. The van der Waals surface area contributed by atoms with Crippen molar-refractivity contribution in [3.63, 3.8) is 0 Å². The average Bonchev–Trinajstić information content (AvgIpc) is 3.24. The van der Waals surface area contributed by atoms with E-state index in [9.17, 15) is 4.79 Å². The van der Waals surface area contributed by atoms with E-state index in [2.05, 4.69) is 17.2 Å². The molecule has 154 valence electrons. The van der Waals surface area contributed by atoms with Gasteiger partial charge in [-0.05, 0) is 61.7 Å². The molecule has 1 atom stereocenters. The quantitative estimate of drug-likeness (QED) is 0.588. The molecule has 6 heteroatoms. The van der Waals surface area contributed by atoms with Crippen molar-refractivity contribution in [3.05, 3.63) is 60.7 Å². The molecule has 1 amide bonds. The van der Waals surface area contributed by atoms with Gasteiger partial charge in [-0.3, -0.25) is 4.79 Å². The minimum Gasteiger partial charge on any atom is -0.491 e. The molecule has 0 aromatic heterocycles. The zero-order valence-corrected chi connectivity index (χ0v) is 16.8. The molecule has 0 saturated carbocycles. The van der Waals surface area contributed by atoms with Crippen LogP contribution in [0.1, 0.15) is 19.8 Å². The first kappa shape index (κ1) is 20.7. The number of anilines is 2. The SMILES string of the molecule is C=C(C)COc1cccc(NCC(=O)Nc2ccc(OCC3CCCO3)cc2)c1. The van der Waals surface area contributed by atoms with Crippen molar-refractivity contribution < 1.29 is 19.0 Å². The van der Waals surface area contributed by atoms with Crippen LogP contribution < -0.4 is 20.1 Å². The van der Waals surface area contributed by atoms with E-state index >= 15 is 0 Å². The maximum atomic E-state index is 12.2. The minimum atomic E-state index is -0.133. The molecule has 2 N–H and O–H groups in total. The smallest absolute Gasteiger partial charge is 0.243 e. The number of ether oxygens (including phenoxy) is 3. The second-order valence-corrected chi connectivity index (χ2v) is 7.15. The molecule has 2 aromatic rings. The molecule has 1 aliphatic rings. The molecule has 1 fully saturated rings. The summed E-state index contributed by atoms with van der Waals surface area (Å²) in [5.41, 5.74) is 2.49. The Kier molecular flexibility index (Phi) is 7.53. The first-order valence-corrected chi connectivity index (χ1v) is 9.84. The predicted molar refractivity (Wildman–Crippen MR) is 115 cm³/mol. The van der Waals surface area contributed by atoms with E-state index in [0.717, 1.165) is 47.9 Å². The minimum absolute atomic E-state index is 0.133. The number of rotatable bonds is 10. The molecule has 1 saturated heterocycles. The normalized spacial score (nSPS) is 15.6. The van der Waals surface area contributed by atoms with Gasteiger partial charge in [0.25, 0.3) is 0 Å². The number of carbonyl (C=O) groups is 1. The van der Waals surface area contributed by atoms with Gasteiger partial charge in [-0.25, -0.2) is 0 Å². The molecular weight excluding hydrogens is 368 g/mol. The Labute approximate surface area is 171 Å². The third-order valence-electron chi connectivity index (χ3n) is 4.37. The lowest BCUT2D eigenvalue weighted by atomic mass is 10.2. The van der Waals surface area contributed by atoms with E-state index in [0.29, 0.717) is 13.2 Å². The van der Waals surface area contributed by atoms with Gasteiger partial charge >= 0.3 is 0 Å². The number of carbonyl (C=O) groups excluding carboxylic acids is 1. The number of amides is 1. The van der Waals surface area contributed by atoms with E-state index < -0.39 is 0 Å². The van der Waals surface area contributed by atoms with Crippen LogP contribution in [-0.2, 0) is 9.53 Å². The van der Waals surface area contributed by atoms with Gasteiger partial charge in [0, 0.05) is 24.0 Å². The van der Waals surface area contributed by atoms with Crippen molar-refractivity contribution in [3.8, 4) is 11.5 Å². The Hall–Kier alpha value is -2.99. The van der Waals surface area contributed by atoms with Gasteiger partial charge in [0.2, 0.25) is 5.91 Å². The molecule has 6 nitrogen and oxygen atoms in total. The summed E-state index contributed by atoms with van der Waals surface area (Å²) in [4.78, 5) is 12.2. The molecule has 29 heavy (non-hydrogen) atoms. The molecule has 0 radical (unpaired) electrons. The van der Waals surface area contributed by atoms with Crippen LogP contribution in [0.25, 0.3) is 0 Å². The largest absolute Gasteiger partial charge is 0.491 e. The van der Waals surface area contributed by atoms with Crippen molar-refractivity contribution in [1.29, 1.82) is 0 Å². The summed E-state index contributed by atoms with van der Waals surface area (Å²) in [6.07, 6.45) is 2.33. The molecule has 0 aliphatic carbocycles. The summed E-state index contributed by atoms with van der Waals surface area (Å²) < 4.78 is 16.9. The third kappa shape index (κ3) is 7.16. The Balaban J connectivity index is 1.42. The highest BCUT2D eigenvalue weighted by Gasteiger charge is 2.15. The Morgan fingerprint density at radius 1 is 1.14 bits per heavy atom. The molecule has 1 heterocycles. The molecular formula is C23H28N2O4. The summed E-state index contributed by atoms with van der Waals surface area (Å²) in [7, 11) is 0. The van der Waals surface area contributed by atoms with Gasteiger partial charge in [0.15, 0.2) is 0 Å². The highest BCUT2D eigenvalue weighted by atomic mass is 16.5. The van der Waals surface area contributed by atoms with Gasteiger partial charge in [0.1, 0.15) is 24.7 Å². The number of hydrogen-bond donors (Lipinski definition) is 2. The molecule has 1 aliphatic heterocycles. The zero-order valence-electron chi connectivity index (χ0n) is 16.8. The molecule has 2 aromatic carbocycles. The highest BCUT2D eigenvalue weighted by Crippen LogP contribution is 2.19. The number of hydrogen-bond acceptors (Lipinski definition) is 5. The van der Waals surface area contributed by atoms with E-state index in [1.165, 1.54) is 0 Å². The van der Waals surface area contributed by atoms with Crippen LogP contribution in [0, 0.1) is 0 Å². The van der Waals surface area contributed by atoms with Crippen LogP contribution in [0.2, 0.25) is 0 Å².